The van der Waals surface area contributed by atoms with E-state index in [1.54, 1.807) is 28.4 Å². The summed E-state index contributed by atoms with van der Waals surface area (Å²) in [7, 11) is 7.12. The number of methoxy groups -OCH3 is 4. The molecule has 0 spiro atoms. The molecule has 2 fully saturated rings. The summed E-state index contributed by atoms with van der Waals surface area (Å²) in [5, 5.41) is 0. The van der Waals surface area contributed by atoms with Crippen molar-refractivity contribution < 1.29 is 18.9 Å². The first-order valence-electron chi connectivity index (χ1n) is 20.6. The van der Waals surface area contributed by atoms with Crippen LogP contribution in [0.25, 0.3) is 6.08 Å². The van der Waals surface area contributed by atoms with Crippen LogP contribution < -0.4 is 4.74 Å². The highest BCUT2D eigenvalue weighted by atomic mass is 16.5. The van der Waals surface area contributed by atoms with Crippen LogP contribution in [0.4, 0.5) is 0 Å². The summed E-state index contributed by atoms with van der Waals surface area (Å²) in [6.07, 6.45) is 15.1. The van der Waals surface area contributed by atoms with Crippen LogP contribution in [0.3, 0.4) is 0 Å². The minimum absolute atomic E-state index is 0.0719. The van der Waals surface area contributed by atoms with Crippen LogP contribution >= 0.6 is 0 Å². The molecule has 2 saturated carbocycles. The molecule has 5 rings (SSSR count). The second-order valence-electron chi connectivity index (χ2n) is 16.8. The van der Waals surface area contributed by atoms with Gasteiger partial charge in [-0.25, -0.2) is 0 Å². The first-order chi connectivity index (χ1) is 25.5. The van der Waals surface area contributed by atoms with Gasteiger partial charge in [-0.1, -0.05) is 71.5 Å². The molecule has 0 atom stereocenters. The Morgan fingerprint density at radius 2 is 1.09 bits per heavy atom. The summed E-state index contributed by atoms with van der Waals surface area (Å²) in [5.74, 6) is 2.96. The van der Waals surface area contributed by atoms with Crippen LogP contribution in [0.1, 0.15) is 153 Å². The zero-order valence-corrected chi connectivity index (χ0v) is 35.0. The predicted molar refractivity (Wildman–Crippen MR) is 222 cm³/mol. The highest BCUT2D eigenvalue weighted by Gasteiger charge is 2.46. The van der Waals surface area contributed by atoms with Gasteiger partial charge in [-0.05, 0) is 163 Å². The Bertz CT molecular complexity index is 1630. The van der Waals surface area contributed by atoms with Crippen molar-refractivity contribution >= 4 is 6.08 Å². The number of hydrogen-bond donors (Lipinski definition) is 0. The summed E-state index contributed by atoms with van der Waals surface area (Å²) in [6.45, 7) is 20.2. The molecule has 0 amide bonds. The van der Waals surface area contributed by atoms with E-state index >= 15 is 0 Å². The molecule has 0 heterocycles. The van der Waals surface area contributed by atoms with Crippen molar-refractivity contribution in [1.29, 1.82) is 0 Å². The molecule has 2 aliphatic carbocycles. The summed E-state index contributed by atoms with van der Waals surface area (Å²) in [4.78, 5) is 0. The number of hydrogen-bond acceptors (Lipinski definition) is 4. The Morgan fingerprint density at radius 3 is 1.55 bits per heavy atom. The number of ether oxygens (including phenoxy) is 4. The van der Waals surface area contributed by atoms with Crippen LogP contribution in [0.2, 0.25) is 0 Å². The second-order valence-corrected chi connectivity index (χ2v) is 16.8. The van der Waals surface area contributed by atoms with E-state index < -0.39 is 0 Å². The van der Waals surface area contributed by atoms with Crippen LogP contribution in [-0.2, 0) is 58.7 Å². The maximum Gasteiger partial charge on any atom is 0.129 e. The van der Waals surface area contributed by atoms with Gasteiger partial charge in [-0.15, -0.1) is 0 Å². The molecule has 4 heteroatoms. The topological polar surface area (TPSA) is 36.9 Å². The Morgan fingerprint density at radius 1 is 0.642 bits per heavy atom. The molecule has 3 aromatic rings. The van der Waals surface area contributed by atoms with Gasteiger partial charge >= 0.3 is 0 Å². The Labute approximate surface area is 323 Å². The lowest BCUT2D eigenvalue weighted by Gasteiger charge is -2.50. The molecule has 290 valence electrons. The van der Waals surface area contributed by atoms with Crippen molar-refractivity contribution in [3.05, 3.63) is 104 Å². The molecule has 0 unspecified atom stereocenters. The third-order valence-electron chi connectivity index (χ3n) is 13.9. The lowest BCUT2D eigenvalue weighted by Crippen LogP contribution is -2.41. The maximum absolute atomic E-state index is 5.98. The van der Waals surface area contributed by atoms with Crippen molar-refractivity contribution in [2.24, 2.45) is 17.3 Å². The van der Waals surface area contributed by atoms with Crippen molar-refractivity contribution in [3.63, 3.8) is 0 Å². The minimum Gasteiger partial charge on any atom is -0.496 e. The summed E-state index contributed by atoms with van der Waals surface area (Å²) in [6, 6.07) is 14.8. The van der Waals surface area contributed by atoms with Gasteiger partial charge in [-0.2, -0.15) is 0 Å². The van der Waals surface area contributed by atoms with E-state index in [1.807, 2.05) is 6.08 Å². The normalized spacial score (nSPS) is 22.2. The van der Waals surface area contributed by atoms with Crippen LogP contribution in [-0.4, -0.2) is 28.4 Å². The molecule has 0 bridgehead atoms. The molecule has 3 aromatic carbocycles. The van der Waals surface area contributed by atoms with E-state index in [0.29, 0.717) is 37.1 Å². The van der Waals surface area contributed by atoms with E-state index in [4.69, 9.17) is 18.9 Å². The first kappa shape index (κ1) is 41.2. The SMILES string of the molecule is C=Cc1c(CC)cc(C2CCC(C(C)(C)C3CCC(c4cc(CC)c(C)c(CC)c4)(c4cc(COC)c(OC)c(COC)c4)CC3)CC2)cc1COC. The lowest BCUT2D eigenvalue weighted by molar-refractivity contribution is 0.0434. The lowest BCUT2D eigenvalue weighted by atomic mass is 9.54. The van der Waals surface area contributed by atoms with Crippen molar-refractivity contribution in [2.45, 2.75) is 143 Å². The molecule has 53 heavy (non-hydrogen) atoms. The Kier molecular flexibility index (Phi) is 14.1. The number of aryl methyl sites for hydroxylation is 3. The predicted octanol–water partition coefficient (Wildman–Crippen LogP) is 12.2. The summed E-state index contributed by atoms with van der Waals surface area (Å²) >= 11 is 0. The van der Waals surface area contributed by atoms with E-state index in [2.05, 4.69) is 84.5 Å². The van der Waals surface area contributed by atoms with Crippen molar-refractivity contribution in [3.8, 4) is 5.75 Å². The smallest absolute Gasteiger partial charge is 0.129 e. The fourth-order valence-corrected chi connectivity index (χ4v) is 10.6. The fourth-order valence-electron chi connectivity index (χ4n) is 10.6. The molecular weight excluding hydrogens is 653 g/mol. The third kappa shape index (κ3) is 8.36. The van der Waals surface area contributed by atoms with Crippen LogP contribution in [0.5, 0.6) is 5.75 Å². The zero-order valence-electron chi connectivity index (χ0n) is 35.0. The molecule has 0 aromatic heterocycles. The highest BCUT2D eigenvalue weighted by Crippen LogP contribution is 2.56. The van der Waals surface area contributed by atoms with Gasteiger partial charge in [0, 0.05) is 37.9 Å². The van der Waals surface area contributed by atoms with Crippen molar-refractivity contribution in [1.82, 2.24) is 0 Å². The van der Waals surface area contributed by atoms with Gasteiger partial charge in [0.2, 0.25) is 0 Å². The first-order valence-corrected chi connectivity index (χ1v) is 20.6. The average Bonchev–Trinajstić information content (AvgIpc) is 3.18. The largest absolute Gasteiger partial charge is 0.496 e. The minimum atomic E-state index is -0.0719. The van der Waals surface area contributed by atoms with Gasteiger partial charge in [0.15, 0.2) is 0 Å². The van der Waals surface area contributed by atoms with Gasteiger partial charge in [0.1, 0.15) is 5.75 Å². The van der Waals surface area contributed by atoms with Crippen molar-refractivity contribution in [2.75, 3.05) is 28.4 Å². The summed E-state index contributed by atoms with van der Waals surface area (Å²) < 4.78 is 23.1. The highest BCUT2D eigenvalue weighted by molar-refractivity contribution is 5.58. The molecule has 0 radical (unpaired) electrons. The third-order valence-corrected chi connectivity index (χ3v) is 13.9. The standard InChI is InChI=1S/C49H70O4/c1-12-34-26-44(27-35(13-2)33(34)5)49(45-28-40(31-51-9)47(53-11)41(29-45)32-52-10)22-20-43(21-23-49)48(6,7)42-18-16-37(17-19-42)38-24-36(14-3)46(15-4)39(25-38)30-50-8/h15,24-29,37,42-43H,4,12-14,16-23,30-32H2,1-3,5-11H3. The van der Waals surface area contributed by atoms with E-state index in [9.17, 15) is 0 Å². The molecule has 0 aliphatic heterocycles. The van der Waals surface area contributed by atoms with E-state index in [-0.39, 0.29) is 5.41 Å². The molecule has 0 N–H and O–H groups in total. The molecule has 4 nitrogen and oxygen atoms in total. The molecular formula is C49H70O4. The van der Waals surface area contributed by atoms with Gasteiger partial charge in [0.25, 0.3) is 0 Å². The van der Waals surface area contributed by atoms with Crippen LogP contribution in [0.15, 0.2) is 43.0 Å². The Hall–Kier alpha value is -2.92. The number of benzene rings is 3. The zero-order chi connectivity index (χ0) is 38.3. The number of rotatable bonds is 16. The van der Waals surface area contributed by atoms with Gasteiger partial charge < -0.3 is 18.9 Å². The molecule has 2 aliphatic rings. The summed E-state index contributed by atoms with van der Waals surface area (Å²) in [5.41, 5.74) is 15.2. The Balaban J connectivity index is 1.44. The second kappa shape index (κ2) is 18.1. The fraction of sp³-hybridized carbons (Fsp3) is 0.592. The van der Waals surface area contributed by atoms with Gasteiger partial charge in [-0.3, -0.25) is 0 Å². The van der Waals surface area contributed by atoms with E-state index in [0.717, 1.165) is 54.9 Å². The van der Waals surface area contributed by atoms with Crippen LogP contribution in [0, 0.1) is 24.2 Å². The average molecular weight is 723 g/mol. The maximum atomic E-state index is 5.98. The monoisotopic (exact) mass is 723 g/mol. The van der Waals surface area contributed by atoms with E-state index in [1.165, 1.54) is 88.6 Å². The van der Waals surface area contributed by atoms with Gasteiger partial charge in [0.05, 0.1) is 26.9 Å². The quantitative estimate of drug-likeness (QED) is 0.147. The molecule has 0 saturated heterocycles.